The van der Waals surface area contributed by atoms with Crippen LogP contribution in [0.1, 0.15) is 111 Å². The Morgan fingerprint density at radius 1 is 0.808 bits per heavy atom. The number of carboxylic acid groups (broad SMARTS) is 1. The molecule has 4 nitrogen and oxygen atoms in total. The minimum absolute atomic E-state index is 0.0246. The van der Waals surface area contributed by atoms with E-state index in [4.69, 9.17) is 0 Å². The van der Waals surface area contributed by atoms with Crippen molar-refractivity contribution in [2.24, 2.45) is 5.92 Å². The van der Waals surface area contributed by atoms with Crippen molar-refractivity contribution in [3.8, 4) is 0 Å². The number of aliphatic carboxylic acids is 1. The first-order valence-electron chi connectivity index (χ1n) is 10.9. The molecule has 4 heteroatoms. The highest BCUT2D eigenvalue weighted by Crippen LogP contribution is 2.17. The number of nitrogens with zero attached hydrogens (tertiary/aromatic N) is 1. The summed E-state index contributed by atoms with van der Waals surface area (Å²) in [6, 6.07) is -0.704. The summed E-state index contributed by atoms with van der Waals surface area (Å²) in [7, 11) is 1.63. The average molecular weight is 370 g/mol. The molecule has 0 saturated heterocycles. The highest BCUT2D eigenvalue weighted by Gasteiger charge is 2.30. The van der Waals surface area contributed by atoms with Crippen LogP contribution in [0.2, 0.25) is 0 Å². The monoisotopic (exact) mass is 369 g/mol. The Kier molecular flexibility index (Phi) is 15.5. The maximum absolute atomic E-state index is 12.3. The molecule has 0 bridgehead atoms. The van der Waals surface area contributed by atoms with Gasteiger partial charge in [0.1, 0.15) is 6.04 Å². The van der Waals surface area contributed by atoms with Gasteiger partial charge in [-0.3, -0.25) is 4.79 Å². The molecule has 2 atom stereocenters. The lowest BCUT2D eigenvalue weighted by Crippen LogP contribution is -2.46. The van der Waals surface area contributed by atoms with Gasteiger partial charge in [-0.2, -0.15) is 0 Å². The second-order valence-electron chi connectivity index (χ2n) is 7.81. The van der Waals surface area contributed by atoms with Gasteiger partial charge in [0, 0.05) is 13.5 Å². The molecule has 0 rings (SSSR count). The smallest absolute Gasteiger partial charge is 0.326 e. The number of carboxylic acids is 1. The van der Waals surface area contributed by atoms with E-state index in [9.17, 15) is 14.7 Å². The van der Waals surface area contributed by atoms with Crippen LogP contribution in [-0.4, -0.2) is 35.0 Å². The van der Waals surface area contributed by atoms with Crippen LogP contribution in [0.15, 0.2) is 0 Å². The highest BCUT2D eigenvalue weighted by atomic mass is 16.4. The molecule has 0 aliphatic carbocycles. The number of hydrogen-bond donors (Lipinski definition) is 1. The average Bonchev–Trinajstić information content (AvgIpc) is 2.61. The van der Waals surface area contributed by atoms with Crippen LogP contribution in [0.3, 0.4) is 0 Å². The van der Waals surface area contributed by atoms with E-state index in [0.717, 1.165) is 19.3 Å². The zero-order chi connectivity index (χ0) is 19.8. The second-order valence-corrected chi connectivity index (χ2v) is 7.81. The first-order valence-corrected chi connectivity index (χ1v) is 10.9. The zero-order valence-corrected chi connectivity index (χ0v) is 17.8. The molecule has 0 saturated carbocycles. The summed E-state index contributed by atoms with van der Waals surface area (Å²) in [5.74, 6) is -0.960. The highest BCUT2D eigenvalue weighted by molar-refractivity contribution is 5.83. The number of likely N-dealkylation sites (N-methyl/N-ethyl adjacent to an activating group) is 1. The normalized spacial score (nSPS) is 13.4. The van der Waals surface area contributed by atoms with Crippen LogP contribution in [0, 0.1) is 5.92 Å². The Bertz CT molecular complexity index is 370. The van der Waals surface area contributed by atoms with Gasteiger partial charge in [-0.1, -0.05) is 97.8 Å². The minimum Gasteiger partial charge on any atom is -0.480 e. The number of rotatable bonds is 17. The molecule has 1 N–H and O–H groups in total. The van der Waals surface area contributed by atoms with Gasteiger partial charge in [-0.15, -0.1) is 0 Å². The van der Waals surface area contributed by atoms with Crippen molar-refractivity contribution in [2.75, 3.05) is 7.05 Å². The lowest BCUT2D eigenvalue weighted by molar-refractivity contribution is -0.151. The van der Waals surface area contributed by atoms with E-state index >= 15 is 0 Å². The molecule has 26 heavy (non-hydrogen) atoms. The Labute approximate surface area is 161 Å². The molecule has 0 fully saturated rings. The SMILES string of the molecule is CCCCCCCCCCCCCCC(=O)N(C)C(C(=O)O)C(C)CC. The summed E-state index contributed by atoms with van der Waals surface area (Å²) in [5.41, 5.74) is 0. The molecular formula is C22H43NO3. The van der Waals surface area contributed by atoms with Gasteiger partial charge in [0.15, 0.2) is 0 Å². The molecule has 0 aromatic heterocycles. The standard InChI is InChI=1S/C22H43NO3/c1-5-7-8-9-10-11-12-13-14-15-16-17-18-20(24)23(4)21(22(25)26)19(3)6-2/h19,21H,5-18H2,1-4H3,(H,25,26). The van der Waals surface area contributed by atoms with Gasteiger partial charge < -0.3 is 10.0 Å². The van der Waals surface area contributed by atoms with Crippen LogP contribution < -0.4 is 0 Å². The van der Waals surface area contributed by atoms with E-state index in [2.05, 4.69) is 6.92 Å². The molecule has 0 aliphatic heterocycles. The Morgan fingerprint density at radius 2 is 1.23 bits per heavy atom. The summed E-state index contributed by atoms with van der Waals surface area (Å²) in [5, 5.41) is 9.37. The topological polar surface area (TPSA) is 57.6 Å². The largest absolute Gasteiger partial charge is 0.480 e. The minimum atomic E-state index is -0.898. The first-order chi connectivity index (χ1) is 12.5. The molecule has 2 unspecified atom stereocenters. The van der Waals surface area contributed by atoms with Gasteiger partial charge in [0.05, 0.1) is 0 Å². The third kappa shape index (κ3) is 11.5. The third-order valence-corrected chi connectivity index (χ3v) is 5.49. The summed E-state index contributed by atoms with van der Waals surface area (Å²) < 4.78 is 0. The lowest BCUT2D eigenvalue weighted by Gasteiger charge is -2.29. The van der Waals surface area contributed by atoms with Crippen molar-refractivity contribution in [3.63, 3.8) is 0 Å². The van der Waals surface area contributed by atoms with Crippen LogP contribution in [0.5, 0.6) is 0 Å². The molecule has 0 heterocycles. The second kappa shape index (κ2) is 16.1. The fraction of sp³-hybridized carbons (Fsp3) is 0.909. The molecule has 1 amide bonds. The molecule has 0 aliphatic rings. The van der Waals surface area contributed by atoms with Crippen LogP contribution >= 0.6 is 0 Å². The fourth-order valence-electron chi connectivity index (χ4n) is 3.46. The molecule has 0 aromatic rings. The van der Waals surface area contributed by atoms with Crippen LogP contribution in [-0.2, 0) is 9.59 Å². The fourth-order valence-corrected chi connectivity index (χ4v) is 3.46. The van der Waals surface area contributed by atoms with Gasteiger partial charge in [-0.05, 0) is 12.3 Å². The Hall–Kier alpha value is -1.06. The summed E-state index contributed by atoms with van der Waals surface area (Å²) in [6.07, 6.45) is 16.4. The first kappa shape index (κ1) is 24.9. The summed E-state index contributed by atoms with van der Waals surface area (Å²) in [4.78, 5) is 25.1. The lowest BCUT2D eigenvalue weighted by atomic mass is 9.97. The Morgan fingerprint density at radius 3 is 1.62 bits per heavy atom. The maximum atomic E-state index is 12.3. The van der Waals surface area contributed by atoms with Crippen molar-refractivity contribution in [1.29, 1.82) is 0 Å². The number of amides is 1. The van der Waals surface area contributed by atoms with E-state index in [0.29, 0.717) is 6.42 Å². The third-order valence-electron chi connectivity index (χ3n) is 5.49. The number of carbonyl (C=O) groups excluding carboxylic acids is 1. The molecule has 154 valence electrons. The number of hydrogen-bond acceptors (Lipinski definition) is 2. The Balaban J connectivity index is 3.71. The number of unbranched alkanes of at least 4 members (excludes halogenated alkanes) is 11. The van der Waals surface area contributed by atoms with Crippen LogP contribution in [0.25, 0.3) is 0 Å². The van der Waals surface area contributed by atoms with Crippen molar-refractivity contribution < 1.29 is 14.7 Å². The quantitative estimate of drug-likeness (QED) is 0.318. The van der Waals surface area contributed by atoms with Crippen molar-refractivity contribution >= 4 is 11.9 Å². The predicted molar refractivity (Wildman–Crippen MR) is 109 cm³/mol. The predicted octanol–water partition coefficient (Wildman–Crippen LogP) is 6.04. The maximum Gasteiger partial charge on any atom is 0.326 e. The van der Waals surface area contributed by atoms with Gasteiger partial charge in [0.25, 0.3) is 0 Å². The molecule has 0 aromatic carbocycles. The number of carbonyl (C=O) groups is 2. The van der Waals surface area contributed by atoms with Gasteiger partial charge in [-0.25, -0.2) is 4.79 Å². The summed E-state index contributed by atoms with van der Waals surface area (Å²) in [6.45, 7) is 6.11. The van der Waals surface area contributed by atoms with E-state index in [-0.39, 0.29) is 11.8 Å². The molecule has 0 radical (unpaired) electrons. The van der Waals surface area contributed by atoms with Gasteiger partial charge in [0.2, 0.25) is 5.91 Å². The van der Waals surface area contributed by atoms with Crippen molar-refractivity contribution in [1.82, 2.24) is 4.90 Å². The molecule has 0 spiro atoms. The van der Waals surface area contributed by atoms with E-state index in [1.807, 2.05) is 13.8 Å². The summed E-state index contributed by atoms with van der Waals surface area (Å²) >= 11 is 0. The molecular weight excluding hydrogens is 326 g/mol. The zero-order valence-electron chi connectivity index (χ0n) is 17.8. The van der Waals surface area contributed by atoms with Crippen molar-refractivity contribution in [2.45, 2.75) is 117 Å². The van der Waals surface area contributed by atoms with Crippen LogP contribution in [0.4, 0.5) is 0 Å². The van der Waals surface area contributed by atoms with E-state index in [1.165, 1.54) is 69.1 Å². The van der Waals surface area contributed by atoms with Gasteiger partial charge >= 0.3 is 5.97 Å². The van der Waals surface area contributed by atoms with E-state index in [1.54, 1.807) is 7.05 Å². The van der Waals surface area contributed by atoms with Crippen molar-refractivity contribution in [3.05, 3.63) is 0 Å². The van der Waals surface area contributed by atoms with E-state index < -0.39 is 12.0 Å².